The summed E-state index contributed by atoms with van der Waals surface area (Å²) in [4.78, 5) is 0. The molecule has 2 fully saturated rings. The van der Waals surface area contributed by atoms with E-state index in [4.69, 9.17) is 4.74 Å². The molecule has 23 heavy (non-hydrogen) atoms. The van der Waals surface area contributed by atoms with Crippen LogP contribution in [0.4, 0.5) is 4.39 Å². The second-order valence-electron chi connectivity index (χ2n) is 7.32. The molecule has 120 valence electrons. The van der Waals surface area contributed by atoms with Crippen molar-refractivity contribution in [1.29, 1.82) is 0 Å². The second kappa shape index (κ2) is 6.09. The van der Waals surface area contributed by atoms with Crippen LogP contribution >= 0.6 is 0 Å². The third kappa shape index (κ3) is 3.05. The fourth-order valence-electron chi connectivity index (χ4n) is 4.54. The van der Waals surface area contributed by atoms with Gasteiger partial charge in [0.25, 0.3) is 0 Å². The number of hydrogen-bond donors (Lipinski definition) is 0. The standard InChI is InChI=1S/C21H23FO/c22-20-8-6-17(7-9-20)18-10-11-21(12-18)13-19(14-23-15-21)16-4-2-1-3-5-16/h1-9,18-19H,10-15H2. The highest BCUT2D eigenvalue weighted by molar-refractivity contribution is 5.24. The fraction of sp³-hybridized carbons (Fsp3) is 0.429. The minimum absolute atomic E-state index is 0.147. The van der Waals surface area contributed by atoms with Crippen LogP contribution in [0.5, 0.6) is 0 Å². The van der Waals surface area contributed by atoms with Gasteiger partial charge in [0, 0.05) is 5.92 Å². The smallest absolute Gasteiger partial charge is 0.123 e. The van der Waals surface area contributed by atoms with Gasteiger partial charge >= 0.3 is 0 Å². The Labute approximate surface area is 137 Å². The van der Waals surface area contributed by atoms with E-state index >= 15 is 0 Å². The average molecular weight is 310 g/mol. The highest BCUT2D eigenvalue weighted by atomic mass is 19.1. The zero-order chi connectivity index (χ0) is 15.7. The summed E-state index contributed by atoms with van der Waals surface area (Å²) in [6.45, 7) is 1.72. The Kier molecular flexibility index (Phi) is 3.94. The van der Waals surface area contributed by atoms with Crippen LogP contribution in [-0.4, -0.2) is 13.2 Å². The number of benzene rings is 2. The lowest BCUT2D eigenvalue weighted by Gasteiger charge is -2.38. The van der Waals surface area contributed by atoms with E-state index in [1.807, 2.05) is 12.1 Å². The maximum Gasteiger partial charge on any atom is 0.123 e. The van der Waals surface area contributed by atoms with Gasteiger partial charge in [-0.15, -0.1) is 0 Å². The number of halogens is 1. The summed E-state index contributed by atoms with van der Waals surface area (Å²) in [6, 6.07) is 17.8. The van der Waals surface area contributed by atoms with Crippen molar-refractivity contribution in [2.75, 3.05) is 13.2 Å². The van der Waals surface area contributed by atoms with E-state index in [-0.39, 0.29) is 5.82 Å². The van der Waals surface area contributed by atoms with Gasteiger partial charge in [-0.2, -0.15) is 0 Å². The van der Waals surface area contributed by atoms with Crippen LogP contribution < -0.4 is 0 Å². The molecule has 1 nitrogen and oxygen atoms in total. The van der Waals surface area contributed by atoms with Crippen molar-refractivity contribution in [2.45, 2.75) is 37.5 Å². The quantitative estimate of drug-likeness (QED) is 0.733. The molecule has 2 aliphatic rings. The molecule has 3 atom stereocenters. The molecular formula is C21H23FO. The van der Waals surface area contributed by atoms with E-state index in [2.05, 4.69) is 30.3 Å². The normalized spacial score (nSPS) is 30.7. The molecule has 0 amide bonds. The average Bonchev–Trinajstić information content (AvgIpc) is 3.00. The Morgan fingerprint density at radius 1 is 0.870 bits per heavy atom. The van der Waals surface area contributed by atoms with Crippen LogP contribution in [0.3, 0.4) is 0 Å². The van der Waals surface area contributed by atoms with Crippen LogP contribution in [0.25, 0.3) is 0 Å². The molecule has 0 aromatic heterocycles. The highest BCUT2D eigenvalue weighted by Crippen LogP contribution is 2.53. The Balaban J connectivity index is 1.50. The van der Waals surface area contributed by atoms with Crippen LogP contribution in [-0.2, 0) is 4.74 Å². The molecule has 1 aliphatic carbocycles. The number of rotatable bonds is 2. The van der Waals surface area contributed by atoms with Gasteiger partial charge in [0.15, 0.2) is 0 Å². The molecule has 2 heteroatoms. The largest absolute Gasteiger partial charge is 0.380 e. The molecule has 4 rings (SSSR count). The Morgan fingerprint density at radius 3 is 2.35 bits per heavy atom. The Bertz CT molecular complexity index is 651. The summed E-state index contributed by atoms with van der Waals surface area (Å²) in [7, 11) is 0. The van der Waals surface area contributed by atoms with Crippen molar-refractivity contribution < 1.29 is 9.13 Å². The molecule has 1 saturated carbocycles. The van der Waals surface area contributed by atoms with Crippen molar-refractivity contribution in [3.8, 4) is 0 Å². The van der Waals surface area contributed by atoms with Crippen LogP contribution in [0.1, 0.15) is 48.6 Å². The summed E-state index contributed by atoms with van der Waals surface area (Å²) in [5.74, 6) is 0.914. The Hall–Kier alpha value is -1.67. The molecule has 0 N–H and O–H groups in total. The molecular weight excluding hydrogens is 287 g/mol. The predicted molar refractivity (Wildman–Crippen MR) is 90.0 cm³/mol. The van der Waals surface area contributed by atoms with Gasteiger partial charge in [0.2, 0.25) is 0 Å². The first kappa shape index (κ1) is 14.9. The van der Waals surface area contributed by atoms with Crippen molar-refractivity contribution in [2.24, 2.45) is 5.41 Å². The van der Waals surface area contributed by atoms with Crippen LogP contribution in [0.15, 0.2) is 54.6 Å². The minimum atomic E-state index is -0.147. The van der Waals surface area contributed by atoms with E-state index in [0.717, 1.165) is 13.2 Å². The van der Waals surface area contributed by atoms with Crippen LogP contribution in [0, 0.1) is 11.2 Å². The van der Waals surface area contributed by atoms with Crippen molar-refractivity contribution in [1.82, 2.24) is 0 Å². The lowest BCUT2D eigenvalue weighted by atomic mass is 9.74. The summed E-state index contributed by atoms with van der Waals surface area (Å²) in [5, 5.41) is 0. The predicted octanol–water partition coefficient (Wildman–Crippen LogP) is 5.28. The first-order valence-corrected chi connectivity index (χ1v) is 8.62. The maximum absolute atomic E-state index is 13.1. The summed E-state index contributed by atoms with van der Waals surface area (Å²) >= 11 is 0. The summed E-state index contributed by atoms with van der Waals surface area (Å²) in [5.41, 5.74) is 2.99. The van der Waals surface area contributed by atoms with E-state index in [1.165, 1.54) is 36.8 Å². The minimum Gasteiger partial charge on any atom is -0.380 e. The van der Waals surface area contributed by atoms with E-state index < -0.39 is 0 Å². The zero-order valence-corrected chi connectivity index (χ0v) is 13.4. The van der Waals surface area contributed by atoms with Gasteiger partial charge in [0.05, 0.1) is 13.2 Å². The van der Waals surface area contributed by atoms with E-state index in [9.17, 15) is 4.39 Å². The third-order valence-corrected chi connectivity index (χ3v) is 5.72. The maximum atomic E-state index is 13.1. The molecule has 0 bridgehead atoms. The number of ether oxygens (including phenoxy) is 1. The molecule has 2 aromatic carbocycles. The van der Waals surface area contributed by atoms with Crippen molar-refractivity contribution in [3.63, 3.8) is 0 Å². The summed E-state index contributed by atoms with van der Waals surface area (Å²) in [6.07, 6.45) is 4.80. The fourth-order valence-corrected chi connectivity index (χ4v) is 4.54. The highest BCUT2D eigenvalue weighted by Gasteiger charge is 2.43. The topological polar surface area (TPSA) is 9.23 Å². The van der Waals surface area contributed by atoms with Gasteiger partial charge < -0.3 is 4.74 Å². The lowest BCUT2D eigenvalue weighted by molar-refractivity contribution is -0.0185. The molecule has 0 radical (unpaired) electrons. The first-order chi connectivity index (χ1) is 11.2. The van der Waals surface area contributed by atoms with Crippen molar-refractivity contribution >= 4 is 0 Å². The van der Waals surface area contributed by atoms with Crippen LogP contribution in [0.2, 0.25) is 0 Å². The second-order valence-corrected chi connectivity index (χ2v) is 7.32. The lowest BCUT2D eigenvalue weighted by Crippen LogP contribution is -2.33. The molecule has 1 aliphatic heterocycles. The van der Waals surface area contributed by atoms with Gasteiger partial charge in [-0.25, -0.2) is 4.39 Å². The molecule has 2 aromatic rings. The van der Waals surface area contributed by atoms with Gasteiger partial charge in [-0.1, -0.05) is 42.5 Å². The van der Waals surface area contributed by atoms with Crippen molar-refractivity contribution in [3.05, 3.63) is 71.5 Å². The van der Waals surface area contributed by atoms with E-state index in [1.54, 1.807) is 12.1 Å². The van der Waals surface area contributed by atoms with Gasteiger partial charge in [-0.05, 0) is 60.3 Å². The molecule has 1 spiro atoms. The first-order valence-electron chi connectivity index (χ1n) is 8.62. The zero-order valence-electron chi connectivity index (χ0n) is 13.4. The third-order valence-electron chi connectivity index (χ3n) is 5.72. The summed E-state index contributed by atoms with van der Waals surface area (Å²) < 4.78 is 19.2. The Morgan fingerprint density at radius 2 is 1.57 bits per heavy atom. The molecule has 1 saturated heterocycles. The van der Waals surface area contributed by atoms with Gasteiger partial charge in [0.1, 0.15) is 5.82 Å². The molecule has 3 unspecified atom stereocenters. The van der Waals surface area contributed by atoms with E-state index in [0.29, 0.717) is 17.3 Å². The van der Waals surface area contributed by atoms with Gasteiger partial charge in [-0.3, -0.25) is 0 Å². The number of hydrogen-bond acceptors (Lipinski definition) is 1. The SMILES string of the molecule is Fc1ccc(C2CCC3(COCC(c4ccccc4)C3)C2)cc1. The monoisotopic (exact) mass is 310 g/mol. The molecule has 1 heterocycles.